The van der Waals surface area contributed by atoms with Crippen LogP contribution in [0.1, 0.15) is 25.0 Å². The highest BCUT2D eigenvalue weighted by Crippen LogP contribution is 2.53. The molecule has 9 aromatic carbocycles. The van der Waals surface area contributed by atoms with Crippen molar-refractivity contribution in [3.05, 3.63) is 223 Å². The lowest BCUT2D eigenvalue weighted by Gasteiger charge is -2.42. The summed E-state index contributed by atoms with van der Waals surface area (Å²) >= 11 is 1.89. The average molecular weight is 800 g/mol. The second kappa shape index (κ2) is 13.8. The van der Waals surface area contributed by atoms with Gasteiger partial charge in [-0.15, -0.1) is 11.3 Å². The van der Waals surface area contributed by atoms with Crippen LogP contribution in [0, 0.1) is 0 Å². The van der Waals surface area contributed by atoms with Gasteiger partial charge in [-0.3, -0.25) is 0 Å². The van der Waals surface area contributed by atoms with Gasteiger partial charge in [0.15, 0.2) is 0 Å². The molecule has 0 N–H and O–H groups in total. The maximum Gasteiger partial charge on any atom is 0.0542 e. The molecule has 2 aromatic heterocycles. The first kappa shape index (κ1) is 35.5. The fraction of sp³-hybridized carbons (Fsp3) is 0.0526. The summed E-state index contributed by atoms with van der Waals surface area (Å²) in [6.45, 7) is 4.70. The van der Waals surface area contributed by atoms with Crippen LogP contribution in [0.25, 0.3) is 58.8 Å². The van der Waals surface area contributed by atoms with Crippen LogP contribution in [-0.4, -0.2) is 4.57 Å². The molecule has 12 rings (SSSR count). The van der Waals surface area contributed by atoms with E-state index in [0.717, 1.165) is 22.7 Å². The second-order valence-corrected chi connectivity index (χ2v) is 17.6. The molecule has 0 saturated heterocycles. The minimum Gasteiger partial charge on any atom is -0.310 e. The van der Waals surface area contributed by atoms with E-state index in [-0.39, 0.29) is 5.41 Å². The van der Waals surface area contributed by atoms with Gasteiger partial charge in [0.2, 0.25) is 0 Å². The summed E-state index contributed by atoms with van der Waals surface area (Å²) in [5.41, 5.74) is 15.5. The van der Waals surface area contributed by atoms with Crippen LogP contribution in [0.15, 0.2) is 212 Å². The van der Waals surface area contributed by atoms with Crippen LogP contribution in [-0.2, 0) is 5.41 Å². The van der Waals surface area contributed by atoms with E-state index in [1.54, 1.807) is 0 Å². The monoisotopic (exact) mass is 799 g/mol. The van der Waals surface area contributed by atoms with E-state index in [1.807, 2.05) is 11.3 Å². The van der Waals surface area contributed by atoms with Crippen molar-refractivity contribution < 1.29 is 0 Å². The number of benzene rings is 9. The van der Waals surface area contributed by atoms with Gasteiger partial charge in [0, 0.05) is 70.4 Å². The van der Waals surface area contributed by atoms with E-state index in [2.05, 4.69) is 241 Å². The number of hydrogen-bond donors (Lipinski definition) is 0. The molecule has 61 heavy (non-hydrogen) atoms. The number of fused-ring (bicyclic) bond motifs is 8. The number of para-hydroxylation sites is 5. The predicted octanol–water partition coefficient (Wildman–Crippen LogP) is 16.4. The Morgan fingerprint density at radius 1 is 0.426 bits per heavy atom. The summed E-state index contributed by atoms with van der Waals surface area (Å²) in [7, 11) is 0. The van der Waals surface area contributed by atoms with Crippen LogP contribution in [0.2, 0.25) is 0 Å². The Hall–Kier alpha value is -7.40. The molecule has 0 saturated carbocycles. The Bertz CT molecular complexity index is 3400. The third-order valence-corrected chi connectivity index (χ3v) is 14.0. The van der Waals surface area contributed by atoms with Crippen molar-refractivity contribution in [1.29, 1.82) is 0 Å². The summed E-state index contributed by atoms with van der Waals surface area (Å²) in [4.78, 5) is 4.87. The maximum absolute atomic E-state index is 2.49. The highest BCUT2D eigenvalue weighted by atomic mass is 32.1. The molecule has 0 unspecified atom stereocenters. The lowest BCUT2D eigenvalue weighted by atomic mass is 9.73. The minimum absolute atomic E-state index is 0.129. The number of hydrogen-bond acceptors (Lipinski definition) is 3. The van der Waals surface area contributed by atoms with Crippen molar-refractivity contribution in [1.82, 2.24) is 4.57 Å². The number of nitrogens with zero attached hydrogens (tertiary/aromatic N) is 3. The molecule has 0 amide bonds. The fourth-order valence-corrected chi connectivity index (χ4v) is 11.1. The molecule has 0 radical (unpaired) electrons. The normalized spacial score (nSPS) is 13.2. The Morgan fingerprint density at radius 2 is 1.00 bits per heavy atom. The molecule has 4 heteroatoms. The van der Waals surface area contributed by atoms with Gasteiger partial charge in [-0.25, -0.2) is 0 Å². The Labute approximate surface area is 359 Å². The first-order valence-corrected chi connectivity index (χ1v) is 21.8. The summed E-state index contributed by atoms with van der Waals surface area (Å²) in [5, 5.41) is 5.04. The summed E-state index contributed by atoms with van der Waals surface area (Å²) < 4.78 is 4.98. The van der Waals surface area contributed by atoms with E-state index in [4.69, 9.17) is 0 Å². The molecule has 1 aliphatic heterocycles. The zero-order chi connectivity index (χ0) is 40.7. The topological polar surface area (TPSA) is 11.4 Å². The highest BCUT2D eigenvalue weighted by Gasteiger charge is 2.36. The number of rotatable bonds is 6. The van der Waals surface area contributed by atoms with Gasteiger partial charge in [-0.05, 0) is 108 Å². The Morgan fingerprint density at radius 3 is 1.74 bits per heavy atom. The lowest BCUT2D eigenvalue weighted by molar-refractivity contribution is 0.632. The second-order valence-electron chi connectivity index (χ2n) is 16.6. The first-order chi connectivity index (χ1) is 30.0. The molecule has 11 aromatic rings. The van der Waals surface area contributed by atoms with Gasteiger partial charge >= 0.3 is 0 Å². The van der Waals surface area contributed by atoms with Gasteiger partial charge in [-0.1, -0.05) is 135 Å². The van der Waals surface area contributed by atoms with E-state index in [1.165, 1.54) is 81.3 Å². The van der Waals surface area contributed by atoms with Crippen molar-refractivity contribution >= 4 is 87.4 Å². The van der Waals surface area contributed by atoms with E-state index in [9.17, 15) is 0 Å². The van der Waals surface area contributed by atoms with Gasteiger partial charge in [0.05, 0.1) is 22.4 Å². The van der Waals surface area contributed by atoms with E-state index >= 15 is 0 Å². The largest absolute Gasteiger partial charge is 0.310 e. The fourth-order valence-electron chi connectivity index (χ4n) is 9.87. The van der Waals surface area contributed by atoms with Crippen molar-refractivity contribution in [3.8, 4) is 16.8 Å². The zero-order valence-corrected chi connectivity index (χ0v) is 34.8. The molecule has 0 fully saturated rings. The van der Waals surface area contributed by atoms with Crippen LogP contribution >= 0.6 is 11.3 Å². The maximum atomic E-state index is 2.49. The van der Waals surface area contributed by atoms with Crippen LogP contribution in [0.4, 0.5) is 34.1 Å². The quantitative estimate of drug-likeness (QED) is 0.166. The van der Waals surface area contributed by atoms with Gasteiger partial charge in [0.25, 0.3) is 0 Å². The van der Waals surface area contributed by atoms with Crippen molar-refractivity contribution in [2.45, 2.75) is 19.3 Å². The summed E-state index contributed by atoms with van der Waals surface area (Å²) in [5.74, 6) is 0. The van der Waals surface area contributed by atoms with Crippen molar-refractivity contribution in [2.75, 3.05) is 9.80 Å². The Kier molecular flexibility index (Phi) is 8.06. The predicted molar refractivity (Wildman–Crippen MR) is 261 cm³/mol. The standard InChI is InChI=1S/C57H41N3S/c1-57(2)49-23-11-14-26-53(49)60(54-27-15-12-24-50(54)57)43-36-46(56-48(37-43)45-22-10-16-28-55(45)61-56)38-29-31-41(32-30-38)58(39-17-5-3-6-18-39)42-33-34-52-47(35-42)44-21-9-13-25-51(44)59(52)40-19-7-4-8-20-40/h3-37H,1-2H3. The average Bonchev–Trinajstić information content (AvgIpc) is 3.86. The van der Waals surface area contributed by atoms with Gasteiger partial charge in [0.1, 0.15) is 0 Å². The molecule has 0 aliphatic carbocycles. The zero-order valence-electron chi connectivity index (χ0n) is 34.0. The summed E-state index contributed by atoms with van der Waals surface area (Å²) in [6, 6.07) is 77.8. The molecule has 0 spiro atoms. The number of thiophene rings is 1. The molecule has 290 valence electrons. The molecule has 1 aliphatic rings. The molecule has 0 bridgehead atoms. The Balaban J connectivity index is 1.02. The summed E-state index contributed by atoms with van der Waals surface area (Å²) in [6.07, 6.45) is 0. The molecular weight excluding hydrogens is 759 g/mol. The van der Waals surface area contributed by atoms with Crippen LogP contribution in [0.5, 0.6) is 0 Å². The highest BCUT2D eigenvalue weighted by molar-refractivity contribution is 7.26. The third kappa shape index (κ3) is 5.56. The molecule has 3 heterocycles. The molecule has 0 atom stereocenters. The van der Waals surface area contributed by atoms with Crippen molar-refractivity contribution in [2.24, 2.45) is 0 Å². The third-order valence-electron chi connectivity index (χ3n) is 12.7. The van der Waals surface area contributed by atoms with Crippen LogP contribution < -0.4 is 9.80 Å². The number of anilines is 6. The lowest BCUT2D eigenvalue weighted by Crippen LogP contribution is -2.30. The van der Waals surface area contributed by atoms with Gasteiger partial charge in [-0.2, -0.15) is 0 Å². The van der Waals surface area contributed by atoms with Crippen molar-refractivity contribution in [3.63, 3.8) is 0 Å². The SMILES string of the molecule is CC1(C)c2ccccc2N(c2cc(-c3ccc(N(c4ccccc4)c4ccc5c(c4)c4ccccc4n5-c4ccccc4)cc3)c3sc4ccccc4c3c2)c2ccccc21. The van der Waals surface area contributed by atoms with E-state index in [0.29, 0.717) is 0 Å². The molecule has 3 nitrogen and oxygen atoms in total. The minimum atomic E-state index is -0.129. The smallest absolute Gasteiger partial charge is 0.0542 e. The molecular formula is C57H41N3S. The van der Waals surface area contributed by atoms with Crippen LogP contribution in [0.3, 0.4) is 0 Å². The first-order valence-electron chi connectivity index (χ1n) is 21.0. The van der Waals surface area contributed by atoms with Gasteiger partial charge < -0.3 is 14.4 Å². The van der Waals surface area contributed by atoms with E-state index < -0.39 is 0 Å². The number of aromatic nitrogens is 1.